The molecule has 1 amide bonds. The molecule has 0 heterocycles. The maximum atomic E-state index is 11.8. The Balaban J connectivity index is 1.62. The van der Waals surface area contributed by atoms with Crippen molar-refractivity contribution >= 4 is 17.7 Å². The predicted molar refractivity (Wildman–Crippen MR) is 73.3 cm³/mol. The Morgan fingerprint density at radius 1 is 1.29 bits per heavy atom. The Morgan fingerprint density at radius 2 is 2.12 bits per heavy atom. The minimum atomic E-state index is 0.180. The van der Waals surface area contributed by atoms with Crippen LogP contribution in [0.3, 0.4) is 0 Å². The molecule has 0 aromatic rings. The first kappa shape index (κ1) is 13.2. The summed E-state index contributed by atoms with van der Waals surface area (Å²) in [6.45, 7) is 3.71. The topological polar surface area (TPSA) is 41.1 Å². The third-order valence-corrected chi connectivity index (χ3v) is 4.92. The molecule has 2 atom stereocenters. The summed E-state index contributed by atoms with van der Waals surface area (Å²) in [5.41, 5.74) is 0. The van der Waals surface area contributed by atoms with Gasteiger partial charge in [0.1, 0.15) is 0 Å². The number of hydrogen-bond donors (Lipinski definition) is 2. The van der Waals surface area contributed by atoms with Gasteiger partial charge in [-0.1, -0.05) is 13.3 Å². The van der Waals surface area contributed by atoms with Crippen molar-refractivity contribution in [2.75, 3.05) is 18.8 Å². The van der Waals surface area contributed by atoms with Gasteiger partial charge in [-0.3, -0.25) is 4.79 Å². The van der Waals surface area contributed by atoms with E-state index in [1.54, 1.807) is 0 Å². The third-order valence-electron chi connectivity index (χ3n) is 3.60. The second kappa shape index (κ2) is 6.64. The van der Waals surface area contributed by atoms with Crippen molar-refractivity contribution in [1.29, 1.82) is 0 Å². The molecule has 2 fully saturated rings. The van der Waals surface area contributed by atoms with E-state index in [-0.39, 0.29) is 5.91 Å². The van der Waals surface area contributed by atoms with E-state index in [0.29, 0.717) is 17.8 Å². The average molecular weight is 256 g/mol. The van der Waals surface area contributed by atoms with Crippen LogP contribution < -0.4 is 10.6 Å². The summed E-state index contributed by atoms with van der Waals surface area (Å²) >= 11 is 1.99. The molecule has 2 aliphatic carbocycles. The Labute approximate surface area is 108 Å². The van der Waals surface area contributed by atoms with E-state index in [4.69, 9.17) is 0 Å². The van der Waals surface area contributed by atoms with Gasteiger partial charge < -0.3 is 10.6 Å². The van der Waals surface area contributed by atoms with E-state index < -0.39 is 0 Å². The van der Waals surface area contributed by atoms with Gasteiger partial charge in [-0.05, 0) is 43.9 Å². The van der Waals surface area contributed by atoms with Crippen LogP contribution in [0.15, 0.2) is 0 Å². The molecule has 0 aliphatic heterocycles. The van der Waals surface area contributed by atoms with Crippen LogP contribution in [0.1, 0.15) is 39.0 Å². The summed E-state index contributed by atoms with van der Waals surface area (Å²) in [6, 6.07) is 0.412. The molecule has 2 aliphatic rings. The van der Waals surface area contributed by atoms with Crippen molar-refractivity contribution in [3.8, 4) is 0 Å². The Hall–Kier alpha value is -0.220. The maximum Gasteiger partial charge on any atom is 0.234 e. The van der Waals surface area contributed by atoms with E-state index >= 15 is 0 Å². The normalized spacial score (nSPS) is 28.3. The van der Waals surface area contributed by atoms with Gasteiger partial charge >= 0.3 is 0 Å². The van der Waals surface area contributed by atoms with E-state index in [1.165, 1.54) is 25.7 Å². The first-order valence-electron chi connectivity index (χ1n) is 6.91. The molecule has 17 heavy (non-hydrogen) atoms. The smallest absolute Gasteiger partial charge is 0.234 e. The lowest BCUT2D eigenvalue weighted by Crippen LogP contribution is -2.43. The van der Waals surface area contributed by atoms with Gasteiger partial charge in [0.2, 0.25) is 5.91 Å². The van der Waals surface area contributed by atoms with Gasteiger partial charge in [0.05, 0.1) is 6.54 Å². The van der Waals surface area contributed by atoms with Gasteiger partial charge in [-0.15, -0.1) is 0 Å². The maximum absolute atomic E-state index is 11.8. The number of hydrogen-bond acceptors (Lipinski definition) is 3. The molecule has 0 bridgehead atoms. The summed E-state index contributed by atoms with van der Waals surface area (Å²) in [7, 11) is 0. The Bertz CT molecular complexity index is 256. The summed E-state index contributed by atoms with van der Waals surface area (Å²) < 4.78 is 0. The number of carbonyl (C=O) groups excluding carboxylic acids is 1. The lowest BCUT2D eigenvalue weighted by molar-refractivity contribution is -0.120. The molecule has 98 valence electrons. The minimum absolute atomic E-state index is 0.180. The highest BCUT2D eigenvalue weighted by Crippen LogP contribution is 2.30. The highest BCUT2D eigenvalue weighted by Gasteiger charge is 2.28. The van der Waals surface area contributed by atoms with Crippen LogP contribution >= 0.6 is 11.8 Å². The Morgan fingerprint density at radius 3 is 2.82 bits per heavy atom. The summed E-state index contributed by atoms with van der Waals surface area (Å²) in [5.74, 6) is 2.17. The lowest BCUT2D eigenvalue weighted by atomic mass is 10.2. The molecule has 2 saturated carbocycles. The van der Waals surface area contributed by atoms with Crippen LogP contribution in [0.4, 0.5) is 0 Å². The summed E-state index contributed by atoms with van der Waals surface area (Å²) in [5, 5.41) is 7.08. The van der Waals surface area contributed by atoms with Gasteiger partial charge in [-0.25, -0.2) is 0 Å². The lowest BCUT2D eigenvalue weighted by Gasteiger charge is -2.20. The van der Waals surface area contributed by atoms with Crippen molar-refractivity contribution < 1.29 is 4.79 Å². The summed E-state index contributed by atoms with van der Waals surface area (Å²) in [4.78, 5) is 11.8. The number of rotatable bonds is 7. The van der Waals surface area contributed by atoms with E-state index in [2.05, 4.69) is 17.6 Å². The van der Waals surface area contributed by atoms with Gasteiger partial charge in [0, 0.05) is 11.3 Å². The SMILES string of the molecule is CCSC1CCCC1NC(=O)CNCC1CC1. The van der Waals surface area contributed by atoms with Crippen LogP contribution in [0.5, 0.6) is 0 Å². The van der Waals surface area contributed by atoms with Gasteiger partial charge in [0.25, 0.3) is 0 Å². The fourth-order valence-electron chi connectivity index (χ4n) is 2.47. The molecule has 0 spiro atoms. The van der Waals surface area contributed by atoms with E-state index in [0.717, 1.165) is 24.6 Å². The molecule has 0 saturated heterocycles. The predicted octanol–water partition coefficient (Wildman–Crippen LogP) is 1.78. The number of carbonyl (C=O) groups is 1. The molecule has 0 aromatic heterocycles. The van der Waals surface area contributed by atoms with E-state index in [1.807, 2.05) is 11.8 Å². The first-order valence-corrected chi connectivity index (χ1v) is 7.96. The van der Waals surface area contributed by atoms with Gasteiger partial charge in [-0.2, -0.15) is 11.8 Å². The fraction of sp³-hybridized carbons (Fsp3) is 0.923. The third kappa shape index (κ3) is 4.51. The molecular formula is C13H24N2OS. The molecule has 2 N–H and O–H groups in total. The molecule has 2 rings (SSSR count). The molecule has 3 nitrogen and oxygen atoms in total. The average Bonchev–Trinajstić information content (AvgIpc) is 3.02. The van der Waals surface area contributed by atoms with Crippen molar-refractivity contribution in [3.05, 3.63) is 0 Å². The van der Waals surface area contributed by atoms with Crippen LogP contribution in [-0.2, 0) is 4.79 Å². The zero-order chi connectivity index (χ0) is 12.1. The first-order chi connectivity index (χ1) is 8.29. The highest BCUT2D eigenvalue weighted by molar-refractivity contribution is 7.99. The quantitative estimate of drug-likeness (QED) is 0.729. The highest BCUT2D eigenvalue weighted by atomic mass is 32.2. The van der Waals surface area contributed by atoms with Crippen LogP contribution in [-0.4, -0.2) is 36.0 Å². The molecule has 4 heteroatoms. The van der Waals surface area contributed by atoms with Crippen molar-refractivity contribution in [3.63, 3.8) is 0 Å². The second-order valence-electron chi connectivity index (χ2n) is 5.17. The molecule has 0 aromatic carbocycles. The standard InChI is InChI=1S/C13H24N2OS/c1-2-17-12-5-3-4-11(12)15-13(16)9-14-8-10-6-7-10/h10-12,14H,2-9H2,1H3,(H,15,16). The largest absolute Gasteiger partial charge is 0.351 e. The van der Waals surface area contributed by atoms with Crippen molar-refractivity contribution in [1.82, 2.24) is 10.6 Å². The number of nitrogens with one attached hydrogen (secondary N) is 2. The van der Waals surface area contributed by atoms with E-state index in [9.17, 15) is 4.79 Å². The summed E-state index contributed by atoms with van der Waals surface area (Å²) in [6.07, 6.45) is 6.36. The molecule has 2 unspecified atom stereocenters. The monoisotopic (exact) mass is 256 g/mol. The van der Waals surface area contributed by atoms with Crippen LogP contribution in [0, 0.1) is 5.92 Å². The zero-order valence-electron chi connectivity index (χ0n) is 10.7. The zero-order valence-corrected chi connectivity index (χ0v) is 11.5. The number of amides is 1. The van der Waals surface area contributed by atoms with Crippen molar-refractivity contribution in [2.45, 2.75) is 50.3 Å². The Kier molecular flexibility index (Phi) is 5.16. The van der Waals surface area contributed by atoms with Gasteiger partial charge in [0.15, 0.2) is 0 Å². The van der Waals surface area contributed by atoms with Crippen LogP contribution in [0.2, 0.25) is 0 Å². The van der Waals surface area contributed by atoms with Crippen LogP contribution in [0.25, 0.3) is 0 Å². The van der Waals surface area contributed by atoms with Crippen molar-refractivity contribution in [2.24, 2.45) is 5.92 Å². The fourth-order valence-corrected chi connectivity index (χ4v) is 3.67. The second-order valence-corrected chi connectivity index (χ2v) is 6.69. The minimum Gasteiger partial charge on any atom is -0.351 e. The number of thioether (sulfide) groups is 1. The molecular weight excluding hydrogens is 232 g/mol. The molecule has 0 radical (unpaired) electrons.